The number of carbonyl (C=O) groups is 2. The minimum Gasteiger partial charge on any atom is -0.484 e. The second kappa shape index (κ2) is 8.50. The van der Waals surface area contributed by atoms with Crippen molar-refractivity contribution in [3.63, 3.8) is 0 Å². The first-order chi connectivity index (χ1) is 15.2. The Balaban J connectivity index is 1.12. The minimum atomic E-state index is -0.0237. The van der Waals surface area contributed by atoms with E-state index in [1.165, 1.54) is 0 Å². The Morgan fingerprint density at radius 2 is 1.87 bits per heavy atom. The fourth-order valence-electron chi connectivity index (χ4n) is 3.92. The van der Waals surface area contributed by atoms with Gasteiger partial charge in [0.2, 0.25) is 5.91 Å². The van der Waals surface area contributed by atoms with Gasteiger partial charge in [-0.15, -0.1) is 0 Å². The molecule has 2 aromatic heterocycles. The van der Waals surface area contributed by atoms with Crippen LogP contribution in [0.5, 0.6) is 5.75 Å². The lowest BCUT2D eigenvalue weighted by atomic mass is 10.3. The largest absolute Gasteiger partial charge is 0.484 e. The van der Waals surface area contributed by atoms with Crippen molar-refractivity contribution < 1.29 is 14.3 Å². The van der Waals surface area contributed by atoms with E-state index in [0.717, 1.165) is 47.2 Å². The van der Waals surface area contributed by atoms with Crippen LogP contribution < -0.4 is 14.5 Å². The SMILES string of the molecule is O=C(COc1ccc(N2CCCC2=O)cc1)N1CCN(c2nc3cccnc3s2)CC1. The molecule has 2 fully saturated rings. The molecule has 3 aromatic rings. The van der Waals surface area contributed by atoms with Gasteiger partial charge in [-0.25, -0.2) is 9.97 Å². The highest BCUT2D eigenvalue weighted by atomic mass is 32.1. The summed E-state index contributed by atoms with van der Waals surface area (Å²) in [7, 11) is 0. The van der Waals surface area contributed by atoms with Crippen molar-refractivity contribution >= 4 is 44.3 Å². The van der Waals surface area contributed by atoms with Crippen LogP contribution in [0.3, 0.4) is 0 Å². The van der Waals surface area contributed by atoms with Crippen LogP contribution >= 0.6 is 11.3 Å². The Morgan fingerprint density at radius 1 is 1.06 bits per heavy atom. The van der Waals surface area contributed by atoms with Gasteiger partial charge >= 0.3 is 0 Å². The van der Waals surface area contributed by atoms with E-state index < -0.39 is 0 Å². The molecule has 2 aliphatic heterocycles. The van der Waals surface area contributed by atoms with Crippen LogP contribution in [0.4, 0.5) is 10.8 Å². The molecule has 9 heteroatoms. The van der Waals surface area contributed by atoms with Crippen molar-refractivity contribution in [2.75, 3.05) is 49.1 Å². The van der Waals surface area contributed by atoms with Gasteiger partial charge in [0.15, 0.2) is 11.7 Å². The fourth-order valence-corrected chi connectivity index (χ4v) is 4.88. The van der Waals surface area contributed by atoms with Gasteiger partial charge in [0.25, 0.3) is 5.91 Å². The molecule has 0 N–H and O–H groups in total. The standard InChI is InChI=1S/C22H23N5O3S/c28-19-4-2-10-27(19)16-5-7-17(8-6-16)30-15-20(29)25-11-13-26(14-12-25)22-24-18-3-1-9-23-21(18)31-22/h1,3,5-9H,2,4,10-15H2. The van der Waals surface area contributed by atoms with E-state index in [-0.39, 0.29) is 18.4 Å². The Hall–Kier alpha value is -3.20. The number of anilines is 2. The number of pyridine rings is 1. The van der Waals surface area contributed by atoms with Crippen molar-refractivity contribution in [2.45, 2.75) is 12.8 Å². The fraction of sp³-hybridized carbons (Fsp3) is 0.364. The molecule has 31 heavy (non-hydrogen) atoms. The van der Waals surface area contributed by atoms with Crippen molar-refractivity contribution in [3.05, 3.63) is 42.6 Å². The van der Waals surface area contributed by atoms with Crippen molar-refractivity contribution in [1.29, 1.82) is 0 Å². The van der Waals surface area contributed by atoms with E-state index in [2.05, 4.69) is 14.9 Å². The molecular weight excluding hydrogens is 414 g/mol. The zero-order valence-electron chi connectivity index (χ0n) is 17.1. The number of benzene rings is 1. The molecule has 0 aliphatic carbocycles. The molecular formula is C22H23N5O3S. The number of nitrogens with zero attached hydrogens (tertiary/aromatic N) is 5. The zero-order chi connectivity index (χ0) is 21.2. The second-order valence-electron chi connectivity index (χ2n) is 7.62. The lowest BCUT2D eigenvalue weighted by Gasteiger charge is -2.34. The van der Waals surface area contributed by atoms with E-state index in [9.17, 15) is 9.59 Å². The van der Waals surface area contributed by atoms with Gasteiger partial charge in [-0.3, -0.25) is 9.59 Å². The summed E-state index contributed by atoms with van der Waals surface area (Å²) in [6, 6.07) is 11.2. The maximum atomic E-state index is 12.6. The second-order valence-corrected chi connectivity index (χ2v) is 8.58. The number of rotatable bonds is 5. The molecule has 0 saturated carbocycles. The van der Waals surface area contributed by atoms with Crippen LogP contribution in [0.25, 0.3) is 10.3 Å². The van der Waals surface area contributed by atoms with E-state index >= 15 is 0 Å². The number of hydrogen-bond donors (Lipinski definition) is 0. The lowest BCUT2D eigenvalue weighted by Crippen LogP contribution is -2.50. The first kappa shape index (κ1) is 19.7. The van der Waals surface area contributed by atoms with Crippen molar-refractivity contribution in [1.82, 2.24) is 14.9 Å². The number of aromatic nitrogens is 2. The Morgan fingerprint density at radius 3 is 2.58 bits per heavy atom. The molecule has 2 aliphatic rings. The van der Waals surface area contributed by atoms with Gasteiger partial charge < -0.3 is 19.4 Å². The molecule has 0 spiro atoms. The average molecular weight is 438 g/mol. The van der Waals surface area contributed by atoms with Gasteiger partial charge in [0.05, 0.1) is 0 Å². The minimum absolute atomic E-state index is 0.00699. The molecule has 0 unspecified atom stereocenters. The first-order valence-electron chi connectivity index (χ1n) is 10.4. The molecule has 0 bridgehead atoms. The number of carbonyl (C=O) groups excluding carboxylic acids is 2. The summed E-state index contributed by atoms with van der Waals surface area (Å²) in [6.07, 6.45) is 3.28. The van der Waals surface area contributed by atoms with Gasteiger partial charge in [-0.1, -0.05) is 11.3 Å². The quantitative estimate of drug-likeness (QED) is 0.610. The van der Waals surface area contributed by atoms with E-state index in [0.29, 0.717) is 25.3 Å². The number of thiazole rings is 1. The summed E-state index contributed by atoms with van der Waals surface area (Å²) in [5.74, 6) is 0.763. The van der Waals surface area contributed by atoms with Crippen LogP contribution in [0.2, 0.25) is 0 Å². The predicted octanol–water partition coefficient (Wildman–Crippen LogP) is 2.55. The van der Waals surface area contributed by atoms with Gasteiger partial charge in [0.1, 0.15) is 16.1 Å². The van der Waals surface area contributed by atoms with Gasteiger partial charge in [0, 0.05) is 51.0 Å². The monoisotopic (exact) mass is 437 g/mol. The molecule has 0 atom stereocenters. The highest BCUT2D eigenvalue weighted by Crippen LogP contribution is 2.28. The molecule has 160 valence electrons. The topological polar surface area (TPSA) is 78.9 Å². The summed E-state index contributed by atoms with van der Waals surface area (Å²) >= 11 is 1.58. The third kappa shape index (κ3) is 4.18. The van der Waals surface area contributed by atoms with Crippen LogP contribution in [0.15, 0.2) is 42.6 Å². The maximum absolute atomic E-state index is 12.6. The van der Waals surface area contributed by atoms with Gasteiger partial charge in [-0.05, 0) is 42.8 Å². The molecule has 5 rings (SSSR count). The number of amides is 2. The number of hydrogen-bond acceptors (Lipinski definition) is 7. The van der Waals surface area contributed by atoms with E-state index in [4.69, 9.17) is 4.74 Å². The lowest BCUT2D eigenvalue weighted by molar-refractivity contribution is -0.133. The molecule has 8 nitrogen and oxygen atoms in total. The highest BCUT2D eigenvalue weighted by Gasteiger charge is 2.24. The highest BCUT2D eigenvalue weighted by molar-refractivity contribution is 7.21. The van der Waals surface area contributed by atoms with E-state index in [1.807, 2.05) is 41.3 Å². The number of ether oxygens (including phenoxy) is 1. The zero-order valence-corrected chi connectivity index (χ0v) is 17.9. The molecule has 0 radical (unpaired) electrons. The van der Waals surface area contributed by atoms with Gasteiger partial charge in [-0.2, -0.15) is 0 Å². The Kier molecular flexibility index (Phi) is 5.42. The van der Waals surface area contributed by atoms with Crippen molar-refractivity contribution in [2.24, 2.45) is 0 Å². The summed E-state index contributed by atoms with van der Waals surface area (Å²) in [6.45, 7) is 3.53. The molecule has 4 heterocycles. The van der Waals surface area contributed by atoms with Crippen LogP contribution in [-0.2, 0) is 9.59 Å². The summed E-state index contributed by atoms with van der Waals surface area (Å²) < 4.78 is 5.69. The maximum Gasteiger partial charge on any atom is 0.260 e. The third-order valence-electron chi connectivity index (χ3n) is 5.64. The Bertz CT molecular complexity index is 1060. The van der Waals surface area contributed by atoms with Crippen LogP contribution in [-0.4, -0.2) is 66.0 Å². The van der Waals surface area contributed by atoms with Crippen LogP contribution in [0, 0.1) is 0 Å². The third-order valence-corrected chi connectivity index (χ3v) is 6.68. The van der Waals surface area contributed by atoms with Crippen molar-refractivity contribution in [3.8, 4) is 5.75 Å². The van der Waals surface area contributed by atoms with E-state index in [1.54, 1.807) is 22.4 Å². The summed E-state index contributed by atoms with van der Waals surface area (Å²) in [4.78, 5) is 40.2. The Labute approximate surface area is 184 Å². The van der Waals surface area contributed by atoms with Crippen LogP contribution in [0.1, 0.15) is 12.8 Å². The predicted molar refractivity (Wildman–Crippen MR) is 120 cm³/mol. The summed E-state index contributed by atoms with van der Waals surface area (Å²) in [5, 5.41) is 0.952. The average Bonchev–Trinajstić information content (AvgIpc) is 3.44. The molecule has 2 amide bonds. The summed E-state index contributed by atoms with van der Waals surface area (Å²) in [5.41, 5.74) is 1.79. The first-order valence-corrected chi connectivity index (χ1v) is 11.3. The smallest absolute Gasteiger partial charge is 0.260 e. The number of piperazine rings is 1. The number of fused-ring (bicyclic) bond motifs is 1. The molecule has 1 aromatic carbocycles. The normalized spacial score (nSPS) is 16.9. The molecule has 2 saturated heterocycles.